The highest BCUT2D eigenvalue weighted by Crippen LogP contribution is 2.21. The Bertz CT molecular complexity index is 437. The van der Waals surface area contributed by atoms with Crippen molar-refractivity contribution in [3.8, 4) is 12.3 Å². The highest BCUT2D eigenvalue weighted by Gasteiger charge is 2.16. The van der Waals surface area contributed by atoms with Crippen LogP contribution in [0.25, 0.3) is 0 Å². The summed E-state index contributed by atoms with van der Waals surface area (Å²) in [5.74, 6) is 2.23. The molecule has 0 spiro atoms. The van der Waals surface area contributed by atoms with Gasteiger partial charge in [-0.25, -0.2) is 0 Å². The number of benzene rings is 1. The standard InChI is InChI=1S/C12H11Cl2NO/c1-3-7-15(4-2)12(16)10-8-9(13)5-6-11(10)14/h1,5-6,8H,4,7H2,2H3. The molecule has 0 aromatic heterocycles. The van der Waals surface area contributed by atoms with Crippen molar-refractivity contribution >= 4 is 29.1 Å². The molecule has 1 amide bonds. The van der Waals surface area contributed by atoms with Crippen molar-refractivity contribution in [1.29, 1.82) is 0 Å². The van der Waals surface area contributed by atoms with E-state index in [1.807, 2.05) is 6.92 Å². The SMILES string of the molecule is C#CCN(CC)C(=O)c1cc(Cl)ccc1Cl. The van der Waals surface area contributed by atoms with E-state index in [0.29, 0.717) is 22.2 Å². The summed E-state index contributed by atoms with van der Waals surface area (Å²) in [6.45, 7) is 2.65. The minimum atomic E-state index is -0.201. The van der Waals surface area contributed by atoms with Gasteiger partial charge in [0.25, 0.3) is 5.91 Å². The van der Waals surface area contributed by atoms with Crippen LogP contribution >= 0.6 is 23.2 Å². The Balaban J connectivity index is 3.03. The van der Waals surface area contributed by atoms with Crippen molar-refractivity contribution in [2.75, 3.05) is 13.1 Å². The number of carbonyl (C=O) groups is 1. The van der Waals surface area contributed by atoms with E-state index in [4.69, 9.17) is 29.6 Å². The zero-order valence-corrected chi connectivity index (χ0v) is 10.3. The molecule has 0 aliphatic rings. The van der Waals surface area contributed by atoms with Crippen LogP contribution in [0.2, 0.25) is 10.0 Å². The first kappa shape index (κ1) is 12.9. The molecule has 0 heterocycles. The second kappa shape index (κ2) is 5.79. The van der Waals surface area contributed by atoms with Gasteiger partial charge in [-0.05, 0) is 25.1 Å². The molecule has 4 heteroatoms. The van der Waals surface area contributed by atoms with Gasteiger partial charge in [0.05, 0.1) is 17.1 Å². The van der Waals surface area contributed by atoms with Crippen molar-refractivity contribution in [3.05, 3.63) is 33.8 Å². The maximum Gasteiger partial charge on any atom is 0.256 e. The summed E-state index contributed by atoms with van der Waals surface area (Å²) in [5, 5.41) is 0.856. The molecule has 0 saturated carbocycles. The van der Waals surface area contributed by atoms with Crippen LogP contribution in [-0.2, 0) is 0 Å². The van der Waals surface area contributed by atoms with Crippen LogP contribution in [0.15, 0.2) is 18.2 Å². The third kappa shape index (κ3) is 2.91. The fourth-order valence-corrected chi connectivity index (χ4v) is 1.64. The highest BCUT2D eigenvalue weighted by atomic mass is 35.5. The molecule has 2 nitrogen and oxygen atoms in total. The Hall–Kier alpha value is -1.17. The number of hydrogen-bond donors (Lipinski definition) is 0. The smallest absolute Gasteiger partial charge is 0.256 e. The van der Waals surface area contributed by atoms with Gasteiger partial charge in [0.15, 0.2) is 0 Å². The molecule has 0 aliphatic carbocycles. The van der Waals surface area contributed by atoms with Crippen molar-refractivity contribution < 1.29 is 4.79 Å². The Kier molecular flexibility index (Phi) is 4.67. The lowest BCUT2D eigenvalue weighted by atomic mass is 10.2. The van der Waals surface area contributed by atoms with E-state index in [1.165, 1.54) is 4.90 Å². The lowest BCUT2D eigenvalue weighted by Crippen LogP contribution is -2.31. The van der Waals surface area contributed by atoms with E-state index in [-0.39, 0.29) is 12.5 Å². The lowest BCUT2D eigenvalue weighted by Gasteiger charge is -2.18. The van der Waals surface area contributed by atoms with E-state index in [0.717, 1.165) is 0 Å². The summed E-state index contributed by atoms with van der Waals surface area (Å²) in [6, 6.07) is 4.78. The summed E-state index contributed by atoms with van der Waals surface area (Å²) in [5.41, 5.74) is 0.381. The maximum atomic E-state index is 12.0. The van der Waals surface area contributed by atoms with Gasteiger partial charge in [0.2, 0.25) is 0 Å². The Morgan fingerprint density at radius 2 is 2.19 bits per heavy atom. The van der Waals surface area contributed by atoms with E-state index in [1.54, 1.807) is 18.2 Å². The molecule has 1 rings (SSSR count). The van der Waals surface area contributed by atoms with Crippen LogP contribution in [0.5, 0.6) is 0 Å². The molecule has 16 heavy (non-hydrogen) atoms. The van der Waals surface area contributed by atoms with Gasteiger partial charge in [0.1, 0.15) is 0 Å². The number of hydrogen-bond acceptors (Lipinski definition) is 1. The quantitative estimate of drug-likeness (QED) is 0.761. The molecule has 0 saturated heterocycles. The number of halogens is 2. The van der Waals surface area contributed by atoms with Gasteiger partial charge in [0, 0.05) is 11.6 Å². The van der Waals surface area contributed by atoms with E-state index < -0.39 is 0 Å². The van der Waals surface area contributed by atoms with Crippen LogP contribution in [-0.4, -0.2) is 23.9 Å². The first-order chi connectivity index (χ1) is 7.60. The van der Waals surface area contributed by atoms with Gasteiger partial charge in [-0.15, -0.1) is 6.42 Å². The van der Waals surface area contributed by atoms with E-state index >= 15 is 0 Å². The number of carbonyl (C=O) groups excluding carboxylic acids is 1. The number of amides is 1. The van der Waals surface area contributed by atoms with Gasteiger partial charge >= 0.3 is 0 Å². The Labute approximate surface area is 105 Å². The van der Waals surface area contributed by atoms with Gasteiger partial charge in [-0.1, -0.05) is 29.1 Å². The second-order valence-electron chi connectivity index (χ2n) is 3.15. The first-order valence-electron chi connectivity index (χ1n) is 4.78. The number of terminal acetylenes is 1. The lowest BCUT2D eigenvalue weighted by molar-refractivity contribution is 0.0785. The molecule has 0 fully saturated rings. The average Bonchev–Trinajstić information content (AvgIpc) is 2.28. The second-order valence-corrected chi connectivity index (χ2v) is 3.99. The van der Waals surface area contributed by atoms with Gasteiger partial charge < -0.3 is 4.90 Å². The molecule has 0 unspecified atom stereocenters. The molecule has 84 valence electrons. The molecule has 0 N–H and O–H groups in total. The summed E-state index contributed by atoms with van der Waals surface area (Å²) >= 11 is 11.8. The number of rotatable bonds is 3. The van der Waals surface area contributed by atoms with Crippen molar-refractivity contribution in [3.63, 3.8) is 0 Å². The average molecular weight is 256 g/mol. The fraction of sp³-hybridized carbons (Fsp3) is 0.250. The topological polar surface area (TPSA) is 20.3 Å². The molecule has 1 aromatic carbocycles. The van der Waals surface area contributed by atoms with Crippen LogP contribution in [0, 0.1) is 12.3 Å². The van der Waals surface area contributed by atoms with Crippen LogP contribution < -0.4 is 0 Å². The first-order valence-corrected chi connectivity index (χ1v) is 5.53. The minimum absolute atomic E-state index is 0.201. The molecule has 0 radical (unpaired) electrons. The summed E-state index contributed by atoms with van der Waals surface area (Å²) in [6.07, 6.45) is 5.19. The third-order valence-corrected chi connectivity index (χ3v) is 2.67. The summed E-state index contributed by atoms with van der Waals surface area (Å²) < 4.78 is 0. The molecular formula is C12H11Cl2NO. The molecular weight excluding hydrogens is 245 g/mol. The molecule has 0 bridgehead atoms. The maximum absolute atomic E-state index is 12.0. The summed E-state index contributed by atoms with van der Waals surface area (Å²) in [7, 11) is 0. The van der Waals surface area contributed by atoms with E-state index in [2.05, 4.69) is 5.92 Å². The monoisotopic (exact) mass is 255 g/mol. The molecule has 1 aromatic rings. The predicted molar refractivity (Wildman–Crippen MR) is 66.9 cm³/mol. The summed E-state index contributed by atoms with van der Waals surface area (Å²) in [4.78, 5) is 13.6. The van der Waals surface area contributed by atoms with Crippen LogP contribution in [0.3, 0.4) is 0 Å². The van der Waals surface area contributed by atoms with Crippen molar-refractivity contribution in [2.24, 2.45) is 0 Å². The van der Waals surface area contributed by atoms with Gasteiger partial charge in [-0.2, -0.15) is 0 Å². The van der Waals surface area contributed by atoms with Gasteiger partial charge in [-0.3, -0.25) is 4.79 Å². The highest BCUT2D eigenvalue weighted by molar-refractivity contribution is 6.35. The zero-order chi connectivity index (χ0) is 12.1. The predicted octanol–water partition coefficient (Wildman–Crippen LogP) is 3.09. The largest absolute Gasteiger partial charge is 0.328 e. The third-order valence-electron chi connectivity index (χ3n) is 2.11. The van der Waals surface area contributed by atoms with Crippen LogP contribution in [0.1, 0.15) is 17.3 Å². The Morgan fingerprint density at radius 1 is 1.50 bits per heavy atom. The Morgan fingerprint density at radius 3 is 2.75 bits per heavy atom. The van der Waals surface area contributed by atoms with Crippen molar-refractivity contribution in [2.45, 2.75) is 6.92 Å². The fourth-order valence-electron chi connectivity index (χ4n) is 1.27. The van der Waals surface area contributed by atoms with E-state index in [9.17, 15) is 4.79 Å². The molecule has 0 atom stereocenters. The van der Waals surface area contributed by atoms with Crippen molar-refractivity contribution in [1.82, 2.24) is 4.90 Å². The normalized spacial score (nSPS) is 9.62. The number of nitrogens with zero attached hydrogens (tertiary/aromatic N) is 1. The molecule has 0 aliphatic heterocycles. The minimum Gasteiger partial charge on any atom is -0.328 e. The zero-order valence-electron chi connectivity index (χ0n) is 8.84. The van der Waals surface area contributed by atoms with Crippen LogP contribution in [0.4, 0.5) is 0 Å².